The van der Waals surface area contributed by atoms with Gasteiger partial charge in [0.2, 0.25) is 5.91 Å². The van der Waals surface area contributed by atoms with Gasteiger partial charge in [-0.05, 0) is 81.7 Å². The van der Waals surface area contributed by atoms with Gasteiger partial charge in [-0.15, -0.1) is 0 Å². The molecule has 1 aromatic carbocycles. The normalized spacial score (nSPS) is 19.9. The Hall–Kier alpha value is -3.85. The van der Waals surface area contributed by atoms with Crippen molar-refractivity contribution in [2.45, 2.75) is 71.0 Å². The summed E-state index contributed by atoms with van der Waals surface area (Å²) in [6.45, 7) is 8.03. The monoisotopic (exact) mass is 581 g/mol. The molecule has 43 heavy (non-hydrogen) atoms. The summed E-state index contributed by atoms with van der Waals surface area (Å²) in [7, 11) is 1.92. The molecular formula is C34H43N7O2. The van der Waals surface area contributed by atoms with E-state index in [1.54, 1.807) is 6.92 Å². The van der Waals surface area contributed by atoms with Crippen molar-refractivity contribution < 1.29 is 9.59 Å². The van der Waals surface area contributed by atoms with Crippen LogP contribution >= 0.6 is 0 Å². The zero-order valence-electron chi connectivity index (χ0n) is 25.6. The molecule has 0 bridgehead atoms. The van der Waals surface area contributed by atoms with Crippen molar-refractivity contribution in [2.24, 2.45) is 11.7 Å². The number of aromatic nitrogens is 3. The van der Waals surface area contributed by atoms with Crippen LogP contribution < -0.4 is 10.6 Å². The van der Waals surface area contributed by atoms with Crippen LogP contribution in [0.1, 0.15) is 61.4 Å². The molecule has 4 aromatic rings. The van der Waals surface area contributed by atoms with Crippen LogP contribution in [0.2, 0.25) is 0 Å². The van der Waals surface area contributed by atoms with Crippen LogP contribution in [0.4, 0.5) is 5.69 Å². The van der Waals surface area contributed by atoms with E-state index in [0.717, 1.165) is 74.3 Å². The first kappa shape index (κ1) is 28.0. The number of anilines is 1. The molecule has 2 N–H and O–H groups in total. The Morgan fingerprint density at radius 3 is 2.51 bits per heavy atom. The lowest BCUT2D eigenvalue weighted by atomic mass is 10.0. The van der Waals surface area contributed by atoms with Gasteiger partial charge in [0, 0.05) is 81.6 Å². The van der Waals surface area contributed by atoms with Crippen molar-refractivity contribution in [2.75, 3.05) is 38.1 Å². The molecule has 0 radical (unpaired) electrons. The predicted octanol–water partition coefficient (Wildman–Crippen LogP) is 4.68. The van der Waals surface area contributed by atoms with E-state index in [1.807, 2.05) is 39.7 Å². The highest BCUT2D eigenvalue weighted by molar-refractivity contribution is 5.95. The molecule has 5 heterocycles. The van der Waals surface area contributed by atoms with Gasteiger partial charge >= 0.3 is 0 Å². The molecule has 9 heteroatoms. The second-order valence-electron chi connectivity index (χ2n) is 13.0. The van der Waals surface area contributed by atoms with Crippen LogP contribution in [0, 0.1) is 12.8 Å². The van der Waals surface area contributed by atoms with Crippen LogP contribution in [0.25, 0.3) is 27.8 Å². The zero-order chi connectivity index (χ0) is 29.8. The van der Waals surface area contributed by atoms with E-state index in [2.05, 4.69) is 40.7 Å². The maximum absolute atomic E-state index is 13.3. The third-order valence-electron chi connectivity index (χ3n) is 10.0. The van der Waals surface area contributed by atoms with Crippen LogP contribution in [-0.4, -0.2) is 81.1 Å². The number of hydrogen-bond donors (Lipinski definition) is 1. The van der Waals surface area contributed by atoms with Crippen LogP contribution in [0.3, 0.4) is 0 Å². The van der Waals surface area contributed by atoms with Gasteiger partial charge in [-0.2, -0.15) is 5.10 Å². The number of pyridine rings is 1. The summed E-state index contributed by atoms with van der Waals surface area (Å²) < 4.78 is 4.36. The number of fused-ring (bicyclic) bond motifs is 2. The smallest absolute Gasteiger partial charge is 0.255 e. The molecule has 2 amide bonds. The highest BCUT2D eigenvalue weighted by atomic mass is 16.2. The van der Waals surface area contributed by atoms with E-state index in [9.17, 15) is 9.59 Å². The molecule has 1 saturated carbocycles. The van der Waals surface area contributed by atoms with Gasteiger partial charge in [0.15, 0.2) is 0 Å². The average Bonchev–Trinajstić information content (AvgIpc) is 3.69. The molecule has 0 spiro atoms. The molecule has 7 rings (SSSR count). The number of piperidine rings is 2. The predicted molar refractivity (Wildman–Crippen MR) is 170 cm³/mol. The number of amides is 2. The van der Waals surface area contributed by atoms with Gasteiger partial charge in [-0.1, -0.05) is 6.07 Å². The zero-order valence-corrected chi connectivity index (χ0v) is 25.6. The molecule has 226 valence electrons. The summed E-state index contributed by atoms with van der Waals surface area (Å²) in [5, 5.41) is 6.30. The summed E-state index contributed by atoms with van der Waals surface area (Å²) in [6, 6.07) is 13.4. The number of nitrogens with two attached hydrogens (primary N) is 1. The highest BCUT2D eigenvalue weighted by Gasteiger charge is 2.28. The molecule has 3 aromatic heterocycles. The highest BCUT2D eigenvalue weighted by Crippen LogP contribution is 2.38. The lowest BCUT2D eigenvalue weighted by Crippen LogP contribution is -2.45. The fourth-order valence-electron chi connectivity index (χ4n) is 7.08. The Balaban J connectivity index is 1.21. The standard InChI is InChI=1S/C34H43N7O2/c1-22-30-11-9-26(34(43)39-14-4-5-27(35)21-39)20-41(30)36-33(22)32-17-25-8-10-29(18-31(25)40(32)19-24-6-7-24)38-15-12-28(13-16-38)37(3)23(2)42/h8-11,17-18,20,24,27-28H,4-7,12-16,19,21,35H2,1-3H3/t27-/m1/s1. The molecule has 1 aliphatic carbocycles. The van der Waals surface area contributed by atoms with Crippen molar-refractivity contribution in [1.29, 1.82) is 0 Å². The minimum atomic E-state index is 0.0269. The van der Waals surface area contributed by atoms with E-state index in [0.29, 0.717) is 24.1 Å². The lowest BCUT2D eigenvalue weighted by Gasteiger charge is -2.37. The van der Waals surface area contributed by atoms with E-state index >= 15 is 0 Å². The minimum absolute atomic E-state index is 0.0269. The summed E-state index contributed by atoms with van der Waals surface area (Å²) in [4.78, 5) is 31.4. The van der Waals surface area contributed by atoms with Crippen LogP contribution in [-0.2, 0) is 11.3 Å². The van der Waals surface area contributed by atoms with Gasteiger partial charge in [0.05, 0.1) is 22.3 Å². The summed E-state index contributed by atoms with van der Waals surface area (Å²) in [5.41, 5.74) is 13.5. The number of carbonyl (C=O) groups excluding carboxylic acids is 2. The van der Waals surface area contributed by atoms with Crippen molar-refractivity contribution in [3.8, 4) is 11.4 Å². The van der Waals surface area contributed by atoms with E-state index in [1.165, 1.54) is 29.4 Å². The fourth-order valence-corrected chi connectivity index (χ4v) is 7.08. The Morgan fingerprint density at radius 2 is 1.79 bits per heavy atom. The average molecular weight is 582 g/mol. The Morgan fingerprint density at radius 1 is 1.00 bits per heavy atom. The van der Waals surface area contributed by atoms with Gasteiger partial charge in [-0.3, -0.25) is 9.59 Å². The SMILES string of the molecule is CC(=O)N(C)C1CCN(c2ccc3cc(-c4nn5cc(C(=O)N6CCC[C@@H](N)C6)ccc5c4C)n(CC4CC4)c3c2)CC1. The lowest BCUT2D eigenvalue weighted by molar-refractivity contribution is -0.129. The molecule has 3 fully saturated rings. The van der Waals surface area contributed by atoms with Crippen molar-refractivity contribution >= 4 is 33.9 Å². The van der Waals surface area contributed by atoms with Crippen LogP contribution in [0.15, 0.2) is 42.6 Å². The molecule has 3 aliphatic rings. The second-order valence-corrected chi connectivity index (χ2v) is 13.0. The number of carbonyl (C=O) groups is 2. The number of benzene rings is 1. The van der Waals surface area contributed by atoms with E-state index in [-0.39, 0.29) is 17.9 Å². The third-order valence-corrected chi connectivity index (χ3v) is 10.0. The Kier molecular flexibility index (Phi) is 7.16. The quantitative estimate of drug-likeness (QED) is 0.357. The number of hydrogen-bond acceptors (Lipinski definition) is 5. The fraction of sp³-hybridized carbons (Fsp3) is 0.500. The third kappa shape index (κ3) is 5.28. The topological polar surface area (TPSA) is 92.1 Å². The maximum atomic E-state index is 13.3. The number of aryl methyl sites for hydroxylation is 1. The molecule has 1 atom stereocenters. The van der Waals surface area contributed by atoms with Crippen LogP contribution in [0.5, 0.6) is 0 Å². The summed E-state index contributed by atoms with van der Waals surface area (Å²) in [5.74, 6) is 0.870. The molecule has 0 unspecified atom stereocenters. The van der Waals surface area contributed by atoms with Gasteiger partial charge in [0.1, 0.15) is 5.69 Å². The first-order valence-electron chi connectivity index (χ1n) is 15.9. The Labute approximate surface area is 253 Å². The van der Waals surface area contributed by atoms with Gasteiger partial charge < -0.3 is 25.0 Å². The Bertz CT molecular complexity index is 1690. The number of likely N-dealkylation sites (tertiary alicyclic amines) is 1. The van der Waals surface area contributed by atoms with E-state index in [4.69, 9.17) is 10.8 Å². The molecule has 2 aliphatic heterocycles. The van der Waals surface area contributed by atoms with E-state index < -0.39 is 0 Å². The molecule has 9 nitrogen and oxygen atoms in total. The summed E-state index contributed by atoms with van der Waals surface area (Å²) in [6.07, 6.45) is 8.31. The van der Waals surface area contributed by atoms with Crippen molar-refractivity contribution in [3.05, 3.63) is 53.7 Å². The van der Waals surface area contributed by atoms with Gasteiger partial charge in [0.25, 0.3) is 5.91 Å². The first-order chi connectivity index (χ1) is 20.8. The largest absolute Gasteiger partial charge is 0.371 e. The molecular weight excluding hydrogens is 538 g/mol. The second kappa shape index (κ2) is 11.0. The maximum Gasteiger partial charge on any atom is 0.255 e. The minimum Gasteiger partial charge on any atom is -0.371 e. The molecule has 2 saturated heterocycles. The van der Waals surface area contributed by atoms with Crippen molar-refractivity contribution in [3.63, 3.8) is 0 Å². The summed E-state index contributed by atoms with van der Waals surface area (Å²) >= 11 is 0. The number of nitrogens with zero attached hydrogens (tertiary/aromatic N) is 6. The van der Waals surface area contributed by atoms with Crippen molar-refractivity contribution in [1.82, 2.24) is 24.0 Å². The first-order valence-corrected chi connectivity index (χ1v) is 15.9. The van der Waals surface area contributed by atoms with Gasteiger partial charge in [-0.25, -0.2) is 4.52 Å². The number of rotatable bonds is 6.